The van der Waals surface area contributed by atoms with Crippen molar-refractivity contribution in [1.29, 1.82) is 0 Å². The normalized spacial score (nSPS) is 15.2. The second-order valence-corrected chi connectivity index (χ2v) is 2.68. The molecular formula is C7H9NO2S. The summed E-state index contributed by atoms with van der Waals surface area (Å²) in [5.74, 6) is 0. The minimum absolute atomic E-state index is 0.321. The fraction of sp³-hybridized carbons (Fsp3) is 0.286. The molecule has 1 aliphatic heterocycles. The Morgan fingerprint density at radius 2 is 2.45 bits per heavy atom. The van der Waals surface area contributed by atoms with Crippen LogP contribution < -0.4 is 0 Å². The van der Waals surface area contributed by atoms with E-state index in [1.54, 1.807) is 19.2 Å². The Morgan fingerprint density at radius 3 is 3.00 bits per heavy atom. The van der Waals surface area contributed by atoms with Gasteiger partial charge in [0, 0.05) is 6.20 Å². The van der Waals surface area contributed by atoms with Gasteiger partial charge in [-0.1, -0.05) is 6.08 Å². The Hall–Kier alpha value is -0.900. The molecule has 0 atom stereocenters. The van der Waals surface area contributed by atoms with Gasteiger partial charge >= 0.3 is 6.09 Å². The standard InChI is InChI=1S/C7H9NO2S/c1-2-10-7(9)8-5-3-4-6-11-8/h3-6H,2H2,1H3. The molecule has 0 aromatic heterocycles. The Kier molecular flexibility index (Phi) is 3.04. The number of amides is 1. The summed E-state index contributed by atoms with van der Waals surface area (Å²) in [7, 11) is 0. The molecule has 1 rings (SSSR count). The van der Waals surface area contributed by atoms with Crippen molar-refractivity contribution in [1.82, 2.24) is 4.31 Å². The minimum Gasteiger partial charge on any atom is -0.449 e. The summed E-state index contributed by atoms with van der Waals surface area (Å²) in [6.45, 7) is 2.19. The van der Waals surface area contributed by atoms with E-state index in [1.165, 1.54) is 16.3 Å². The Labute approximate surface area is 69.8 Å². The molecule has 0 aromatic carbocycles. The van der Waals surface area contributed by atoms with Crippen molar-refractivity contribution in [2.24, 2.45) is 0 Å². The largest absolute Gasteiger partial charge is 0.449 e. The van der Waals surface area contributed by atoms with Gasteiger partial charge in [-0.3, -0.25) is 0 Å². The number of carbonyl (C=O) groups is 1. The van der Waals surface area contributed by atoms with Gasteiger partial charge in [0.25, 0.3) is 0 Å². The van der Waals surface area contributed by atoms with Crippen LogP contribution in [-0.4, -0.2) is 17.0 Å². The van der Waals surface area contributed by atoms with Crippen LogP contribution in [0.5, 0.6) is 0 Å². The second kappa shape index (κ2) is 4.08. The minimum atomic E-state index is -0.321. The number of hydrogen-bond donors (Lipinski definition) is 0. The molecule has 4 heteroatoms. The zero-order valence-corrected chi connectivity index (χ0v) is 7.00. The first-order valence-corrected chi connectivity index (χ1v) is 4.14. The van der Waals surface area contributed by atoms with Crippen molar-refractivity contribution >= 4 is 18.0 Å². The summed E-state index contributed by atoms with van der Waals surface area (Å²) in [4.78, 5) is 11.0. The maximum Gasteiger partial charge on any atom is 0.424 e. The van der Waals surface area contributed by atoms with Gasteiger partial charge in [0.05, 0.1) is 6.61 Å². The first kappa shape index (κ1) is 8.20. The van der Waals surface area contributed by atoms with Gasteiger partial charge in [0.1, 0.15) is 0 Å². The van der Waals surface area contributed by atoms with Crippen LogP contribution in [0.15, 0.2) is 23.8 Å². The molecule has 0 spiro atoms. The Balaban J connectivity index is 2.42. The molecule has 0 N–H and O–H groups in total. The van der Waals surface area contributed by atoms with Crippen molar-refractivity contribution in [3.05, 3.63) is 23.8 Å². The van der Waals surface area contributed by atoms with Gasteiger partial charge in [0.15, 0.2) is 0 Å². The van der Waals surface area contributed by atoms with E-state index in [2.05, 4.69) is 0 Å². The van der Waals surface area contributed by atoms with Crippen molar-refractivity contribution in [3.8, 4) is 0 Å². The first-order chi connectivity index (χ1) is 5.34. The molecule has 0 bridgehead atoms. The highest BCUT2D eigenvalue weighted by Gasteiger charge is 2.11. The lowest BCUT2D eigenvalue weighted by molar-refractivity contribution is 0.142. The van der Waals surface area contributed by atoms with E-state index in [4.69, 9.17) is 4.74 Å². The summed E-state index contributed by atoms with van der Waals surface area (Å²) in [5.41, 5.74) is 0. The van der Waals surface area contributed by atoms with E-state index in [1.807, 2.05) is 11.5 Å². The average Bonchev–Trinajstić information content (AvgIpc) is 2.07. The molecule has 0 radical (unpaired) electrons. The molecule has 60 valence electrons. The number of hydrogen-bond acceptors (Lipinski definition) is 3. The van der Waals surface area contributed by atoms with Gasteiger partial charge in [0.2, 0.25) is 0 Å². The zero-order valence-electron chi connectivity index (χ0n) is 6.19. The zero-order chi connectivity index (χ0) is 8.10. The van der Waals surface area contributed by atoms with Crippen molar-refractivity contribution in [2.75, 3.05) is 6.61 Å². The van der Waals surface area contributed by atoms with Crippen LogP contribution >= 0.6 is 11.9 Å². The average molecular weight is 171 g/mol. The summed E-state index contributed by atoms with van der Waals surface area (Å²) >= 11 is 1.30. The van der Waals surface area contributed by atoms with E-state index >= 15 is 0 Å². The van der Waals surface area contributed by atoms with Crippen LogP contribution in [-0.2, 0) is 4.74 Å². The lowest BCUT2D eigenvalue weighted by Gasteiger charge is -2.15. The number of rotatable bonds is 1. The Bertz CT molecular complexity index is 201. The molecular weight excluding hydrogens is 162 g/mol. The van der Waals surface area contributed by atoms with Crippen LogP contribution in [0.4, 0.5) is 4.79 Å². The first-order valence-electron chi connectivity index (χ1n) is 3.30. The number of allylic oxidation sites excluding steroid dienone is 2. The third kappa shape index (κ3) is 2.31. The van der Waals surface area contributed by atoms with Gasteiger partial charge in [-0.2, -0.15) is 0 Å². The molecule has 0 unspecified atom stereocenters. The summed E-state index contributed by atoms with van der Waals surface area (Å²) in [6, 6.07) is 0. The fourth-order valence-electron chi connectivity index (χ4n) is 0.600. The SMILES string of the molecule is CCOC(=O)N1C=CC=CS1. The van der Waals surface area contributed by atoms with Crippen molar-refractivity contribution in [2.45, 2.75) is 6.92 Å². The molecule has 1 heterocycles. The van der Waals surface area contributed by atoms with Gasteiger partial charge in [-0.25, -0.2) is 9.10 Å². The fourth-order valence-corrected chi connectivity index (χ4v) is 1.17. The van der Waals surface area contributed by atoms with Crippen LogP contribution in [0.1, 0.15) is 6.92 Å². The molecule has 1 amide bonds. The maximum atomic E-state index is 11.0. The molecule has 1 aliphatic rings. The Morgan fingerprint density at radius 1 is 1.64 bits per heavy atom. The molecule has 3 nitrogen and oxygen atoms in total. The lowest BCUT2D eigenvalue weighted by Crippen LogP contribution is -2.19. The summed E-state index contributed by atoms with van der Waals surface area (Å²) in [6.07, 6.45) is 4.99. The topological polar surface area (TPSA) is 29.5 Å². The van der Waals surface area contributed by atoms with Crippen molar-refractivity contribution < 1.29 is 9.53 Å². The molecule has 11 heavy (non-hydrogen) atoms. The third-order valence-electron chi connectivity index (χ3n) is 1.03. The van der Waals surface area contributed by atoms with E-state index in [0.717, 1.165) is 0 Å². The smallest absolute Gasteiger partial charge is 0.424 e. The second-order valence-electron chi connectivity index (χ2n) is 1.80. The van der Waals surface area contributed by atoms with Gasteiger partial charge in [-0.05, 0) is 30.4 Å². The molecule has 0 aromatic rings. The number of ether oxygens (including phenoxy) is 1. The van der Waals surface area contributed by atoms with Crippen LogP contribution in [0.25, 0.3) is 0 Å². The van der Waals surface area contributed by atoms with Gasteiger partial charge < -0.3 is 4.74 Å². The maximum absolute atomic E-state index is 11.0. The molecule has 0 saturated carbocycles. The summed E-state index contributed by atoms with van der Waals surface area (Å²) in [5, 5.41) is 1.82. The molecule has 0 fully saturated rings. The van der Waals surface area contributed by atoms with Crippen molar-refractivity contribution in [3.63, 3.8) is 0 Å². The predicted molar refractivity (Wildman–Crippen MR) is 44.7 cm³/mol. The third-order valence-corrected chi connectivity index (χ3v) is 1.81. The highest BCUT2D eigenvalue weighted by atomic mass is 32.2. The molecule has 0 saturated heterocycles. The van der Waals surface area contributed by atoms with E-state index < -0.39 is 0 Å². The quantitative estimate of drug-likeness (QED) is 0.566. The van der Waals surface area contributed by atoms with E-state index in [0.29, 0.717) is 6.61 Å². The lowest BCUT2D eigenvalue weighted by atomic mass is 10.6. The number of carbonyl (C=O) groups excluding carboxylic acids is 1. The highest BCUT2D eigenvalue weighted by Crippen LogP contribution is 2.17. The monoisotopic (exact) mass is 171 g/mol. The van der Waals surface area contributed by atoms with E-state index in [9.17, 15) is 4.79 Å². The number of nitrogens with zero attached hydrogens (tertiary/aromatic N) is 1. The van der Waals surface area contributed by atoms with Crippen LogP contribution in [0, 0.1) is 0 Å². The van der Waals surface area contributed by atoms with Gasteiger partial charge in [-0.15, -0.1) is 0 Å². The summed E-state index contributed by atoms with van der Waals surface area (Å²) < 4.78 is 6.20. The van der Waals surface area contributed by atoms with Crippen LogP contribution in [0.2, 0.25) is 0 Å². The highest BCUT2D eigenvalue weighted by molar-refractivity contribution is 8.00. The van der Waals surface area contributed by atoms with E-state index in [-0.39, 0.29) is 6.09 Å². The predicted octanol–water partition coefficient (Wildman–Crippen LogP) is 2.13. The van der Waals surface area contributed by atoms with Crippen LogP contribution in [0.3, 0.4) is 0 Å². The molecule has 0 aliphatic carbocycles.